The molecular weight excluding hydrogens is 262 g/mol. The Morgan fingerprint density at radius 1 is 1.24 bits per heavy atom. The molecule has 1 saturated heterocycles. The number of likely N-dealkylation sites (N-methyl/N-ethyl adjacent to an activating group) is 1. The van der Waals surface area contributed by atoms with Gasteiger partial charge in [0, 0.05) is 39.3 Å². The summed E-state index contributed by atoms with van der Waals surface area (Å²) in [5.74, 6) is 0.794. The first-order valence-electron chi connectivity index (χ1n) is 8.16. The minimum atomic E-state index is 0.120. The highest BCUT2D eigenvalue weighted by Gasteiger charge is 2.60. The minimum absolute atomic E-state index is 0.120. The third-order valence-corrected chi connectivity index (χ3v) is 5.03. The lowest BCUT2D eigenvalue weighted by Gasteiger charge is -2.32. The van der Waals surface area contributed by atoms with E-state index in [2.05, 4.69) is 55.9 Å². The van der Waals surface area contributed by atoms with Crippen molar-refractivity contribution in [3.05, 3.63) is 11.6 Å². The lowest BCUT2D eigenvalue weighted by molar-refractivity contribution is -0.123. The van der Waals surface area contributed by atoms with Crippen LogP contribution in [0.3, 0.4) is 0 Å². The Morgan fingerprint density at radius 2 is 1.86 bits per heavy atom. The SMILES string of the molecule is CC(C)=C[C@@H]1[C@@H](C(=O)NCCN2CCN(C)CC2)C1(C)C. The number of hydrogen-bond acceptors (Lipinski definition) is 3. The van der Waals surface area contributed by atoms with E-state index in [9.17, 15) is 4.79 Å². The molecule has 1 saturated carbocycles. The zero-order valence-corrected chi connectivity index (χ0v) is 14.3. The van der Waals surface area contributed by atoms with Gasteiger partial charge in [-0.05, 0) is 32.2 Å². The molecule has 1 N–H and O–H groups in total. The molecule has 1 heterocycles. The number of carbonyl (C=O) groups is 1. The van der Waals surface area contributed by atoms with Crippen LogP contribution in [-0.2, 0) is 4.79 Å². The van der Waals surface area contributed by atoms with Crippen LogP contribution in [0.4, 0.5) is 0 Å². The zero-order valence-electron chi connectivity index (χ0n) is 14.3. The quantitative estimate of drug-likeness (QED) is 0.782. The Morgan fingerprint density at radius 3 is 2.43 bits per heavy atom. The zero-order chi connectivity index (χ0) is 15.6. The predicted octanol–water partition coefficient (Wildman–Crippen LogP) is 1.59. The van der Waals surface area contributed by atoms with Crippen LogP contribution in [-0.4, -0.2) is 62.0 Å². The molecule has 2 fully saturated rings. The van der Waals surface area contributed by atoms with E-state index in [-0.39, 0.29) is 17.2 Å². The van der Waals surface area contributed by atoms with Crippen LogP contribution in [0.1, 0.15) is 27.7 Å². The number of hydrogen-bond donors (Lipinski definition) is 1. The topological polar surface area (TPSA) is 35.6 Å². The molecule has 4 heteroatoms. The van der Waals surface area contributed by atoms with Crippen molar-refractivity contribution in [1.82, 2.24) is 15.1 Å². The van der Waals surface area contributed by atoms with E-state index in [4.69, 9.17) is 0 Å². The van der Waals surface area contributed by atoms with Crippen LogP contribution in [0.25, 0.3) is 0 Å². The third-order valence-electron chi connectivity index (χ3n) is 5.03. The van der Waals surface area contributed by atoms with Crippen molar-refractivity contribution < 1.29 is 4.79 Å². The van der Waals surface area contributed by atoms with Gasteiger partial charge in [-0.3, -0.25) is 9.69 Å². The monoisotopic (exact) mass is 293 g/mol. The van der Waals surface area contributed by atoms with Gasteiger partial charge in [0.1, 0.15) is 0 Å². The van der Waals surface area contributed by atoms with Crippen molar-refractivity contribution in [3.63, 3.8) is 0 Å². The second-order valence-electron chi connectivity index (χ2n) is 7.50. The van der Waals surface area contributed by atoms with E-state index in [1.54, 1.807) is 0 Å². The average molecular weight is 293 g/mol. The summed E-state index contributed by atoms with van der Waals surface area (Å²) in [5.41, 5.74) is 1.43. The number of carbonyl (C=O) groups excluding carboxylic acids is 1. The molecule has 0 aromatic carbocycles. The molecule has 1 aliphatic carbocycles. The Labute approximate surface area is 129 Å². The van der Waals surface area contributed by atoms with E-state index in [1.807, 2.05) is 0 Å². The summed E-state index contributed by atoms with van der Waals surface area (Å²) in [6, 6.07) is 0. The first-order valence-corrected chi connectivity index (χ1v) is 8.16. The number of amides is 1. The van der Waals surface area contributed by atoms with Gasteiger partial charge in [-0.25, -0.2) is 0 Å². The van der Waals surface area contributed by atoms with Gasteiger partial charge in [-0.1, -0.05) is 25.5 Å². The van der Waals surface area contributed by atoms with Gasteiger partial charge >= 0.3 is 0 Å². The number of allylic oxidation sites excluding steroid dienone is 2. The summed E-state index contributed by atoms with van der Waals surface area (Å²) in [7, 11) is 2.16. The summed E-state index contributed by atoms with van der Waals surface area (Å²) in [6.45, 7) is 14.8. The van der Waals surface area contributed by atoms with E-state index < -0.39 is 0 Å². The molecule has 2 atom stereocenters. The second-order valence-corrected chi connectivity index (χ2v) is 7.50. The van der Waals surface area contributed by atoms with Crippen molar-refractivity contribution in [2.45, 2.75) is 27.7 Å². The molecule has 0 radical (unpaired) electrons. The van der Waals surface area contributed by atoms with Crippen molar-refractivity contribution in [2.24, 2.45) is 17.3 Å². The van der Waals surface area contributed by atoms with Gasteiger partial charge in [0.15, 0.2) is 0 Å². The van der Waals surface area contributed by atoms with Crippen LogP contribution < -0.4 is 5.32 Å². The second kappa shape index (κ2) is 6.49. The Bertz CT molecular complexity index is 404. The first-order chi connectivity index (χ1) is 9.82. The van der Waals surface area contributed by atoms with E-state index in [1.165, 1.54) is 5.57 Å². The van der Waals surface area contributed by atoms with Crippen molar-refractivity contribution >= 4 is 5.91 Å². The number of rotatable bonds is 5. The minimum Gasteiger partial charge on any atom is -0.355 e. The maximum absolute atomic E-state index is 12.3. The summed E-state index contributed by atoms with van der Waals surface area (Å²) < 4.78 is 0. The smallest absolute Gasteiger partial charge is 0.224 e. The molecule has 2 aliphatic rings. The molecule has 120 valence electrons. The highest BCUT2D eigenvalue weighted by Crippen LogP contribution is 2.59. The summed E-state index contributed by atoms with van der Waals surface area (Å²) in [6.07, 6.45) is 2.25. The molecule has 2 rings (SSSR count). The Kier molecular flexibility index (Phi) is 5.10. The van der Waals surface area contributed by atoms with Gasteiger partial charge in [0.05, 0.1) is 5.92 Å². The van der Waals surface area contributed by atoms with Crippen molar-refractivity contribution in [1.29, 1.82) is 0 Å². The van der Waals surface area contributed by atoms with Gasteiger partial charge in [-0.2, -0.15) is 0 Å². The third kappa shape index (κ3) is 4.07. The standard InChI is InChI=1S/C17H31N3O/c1-13(2)12-14-15(17(14,3)4)16(21)18-6-7-20-10-8-19(5)9-11-20/h12,14-15H,6-11H2,1-5H3,(H,18,21)/t14-,15+/m1/s1. The molecule has 0 aromatic rings. The van der Waals surface area contributed by atoms with Crippen LogP contribution in [0, 0.1) is 17.3 Å². The molecule has 4 nitrogen and oxygen atoms in total. The molecule has 0 bridgehead atoms. The molecular formula is C17H31N3O. The van der Waals surface area contributed by atoms with Crippen LogP contribution in [0.2, 0.25) is 0 Å². The summed E-state index contributed by atoms with van der Waals surface area (Å²) in [5, 5.41) is 3.14. The summed E-state index contributed by atoms with van der Waals surface area (Å²) >= 11 is 0. The first kappa shape index (κ1) is 16.5. The largest absolute Gasteiger partial charge is 0.355 e. The fourth-order valence-corrected chi connectivity index (χ4v) is 3.37. The van der Waals surface area contributed by atoms with E-state index >= 15 is 0 Å². The lowest BCUT2D eigenvalue weighted by atomic mass is 10.1. The van der Waals surface area contributed by atoms with Crippen LogP contribution in [0.5, 0.6) is 0 Å². The maximum Gasteiger partial charge on any atom is 0.224 e. The fourth-order valence-electron chi connectivity index (χ4n) is 3.37. The number of piperazine rings is 1. The van der Waals surface area contributed by atoms with Gasteiger partial charge in [-0.15, -0.1) is 0 Å². The summed E-state index contributed by atoms with van der Waals surface area (Å²) in [4.78, 5) is 17.1. The highest BCUT2D eigenvalue weighted by atomic mass is 16.2. The van der Waals surface area contributed by atoms with Crippen molar-refractivity contribution in [3.8, 4) is 0 Å². The molecule has 0 spiro atoms. The Balaban J connectivity index is 1.72. The average Bonchev–Trinajstić information content (AvgIpc) is 2.92. The Hall–Kier alpha value is -0.870. The van der Waals surface area contributed by atoms with Crippen LogP contribution in [0.15, 0.2) is 11.6 Å². The molecule has 0 aromatic heterocycles. The molecule has 21 heavy (non-hydrogen) atoms. The molecule has 1 amide bonds. The molecule has 0 unspecified atom stereocenters. The van der Waals surface area contributed by atoms with Gasteiger partial charge in [0.25, 0.3) is 0 Å². The highest BCUT2D eigenvalue weighted by molar-refractivity contribution is 5.83. The van der Waals surface area contributed by atoms with Gasteiger partial charge in [0.2, 0.25) is 5.91 Å². The van der Waals surface area contributed by atoms with Crippen molar-refractivity contribution in [2.75, 3.05) is 46.3 Å². The number of nitrogens with zero attached hydrogens (tertiary/aromatic N) is 2. The number of nitrogens with one attached hydrogen (secondary N) is 1. The van der Waals surface area contributed by atoms with Crippen LogP contribution >= 0.6 is 0 Å². The normalized spacial score (nSPS) is 29.0. The fraction of sp³-hybridized carbons (Fsp3) is 0.824. The van der Waals surface area contributed by atoms with Gasteiger partial charge < -0.3 is 10.2 Å². The van der Waals surface area contributed by atoms with E-state index in [0.717, 1.165) is 39.3 Å². The predicted molar refractivity (Wildman–Crippen MR) is 87.1 cm³/mol. The molecule has 1 aliphatic heterocycles. The lowest BCUT2D eigenvalue weighted by Crippen LogP contribution is -2.47. The van der Waals surface area contributed by atoms with E-state index in [0.29, 0.717) is 5.92 Å². The maximum atomic E-state index is 12.3.